The highest BCUT2D eigenvalue weighted by Crippen LogP contribution is 2.53. The van der Waals surface area contributed by atoms with Crippen LogP contribution >= 0.6 is 7.82 Å². The summed E-state index contributed by atoms with van der Waals surface area (Å²) in [5.74, 6) is 0. The maximum Gasteiger partial charge on any atom is 0.477 e. The van der Waals surface area contributed by atoms with Crippen molar-refractivity contribution in [1.82, 2.24) is 0 Å². The van der Waals surface area contributed by atoms with E-state index in [4.69, 9.17) is 32.5 Å². The number of rotatable bonds is 18. The first kappa shape index (κ1) is 36.8. The quantitative estimate of drug-likeness (QED) is 0.0834. The van der Waals surface area contributed by atoms with Crippen molar-refractivity contribution in [3.05, 3.63) is 179 Å². The topological polar surface area (TPSA) is 81.7 Å². The Labute approximate surface area is 298 Å². The van der Waals surface area contributed by atoms with Crippen LogP contribution in [0.2, 0.25) is 0 Å². The van der Waals surface area contributed by atoms with E-state index in [2.05, 4.69) is 0 Å². The van der Waals surface area contributed by atoms with Crippen molar-refractivity contribution >= 4 is 7.82 Å². The van der Waals surface area contributed by atoms with Gasteiger partial charge in [0.25, 0.3) is 0 Å². The standard InChI is InChI=1S/C41H42FO8P/c42-38-40(46-28-34-20-10-3-11-21-34)39(45-27-33-18-8-2-9-19-33)37(31-44-26-32-16-6-1-7-17-32)49-41(38)50-51(43,47-29-35-22-12-4-13-23-35)48-30-36-24-14-5-15-25-36/h1-25,37-41H,26-31H2/t37?,38?,39-,40?,41+/m1/s1. The van der Waals surface area contributed by atoms with Crippen molar-refractivity contribution in [3.63, 3.8) is 0 Å². The van der Waals surface area contributed by atoms with Gasteiger partial charge in [0.15, 0.2) is 6.17 Å². The Morgan fingerprint density at radius 2 is 0.882 bits per heavy atom. The van der Waals surface area contributed by atoms with Gasteiger partial charge in [0.05, 0.1) is 39.6 Å². The minimum absolute atomic E-state index is 0.00613. The molecule has 1 aliphatic heterocycles. The van der Waals surface area contributed by atoms with Crippen LogP contribution in [0.3, 0.4) is 0 Å². The summed E-state index contributed by atoms with van der Waals surface area (Å²) in [6.07, 6.45) is -6.66. The molecule has 1 fully saturated rings. The molecular formula is C41H42FO8P. The fourth-order valence-electron chi connectivity index (χ4n) is 5.56. The highest BCUT2D eigenvalue weighted by molar-refractivity contribution is 7.48. The van der Waals surface area contributed by atoms with E-state index in [0.717, 1.165) is 27.8 Å². The zero-order valence-electron chi connectivity index (χ0n) is 28.2. The van der Waals surface area contributed by atoms with Crippen LogP contribution in [0.15, 0.2) is 152 Å². The Morgan fingerprint density at radius 1 is 0.510 bits per heavy atom. The van der Waals surface area contributed by atoms with Gasteiger partial charge in [-0.05, 0) is 27.8 Å². The van der Waals surface area contributed by atoms with Gasteiger partial charge in [0.2, 0.25) is 6.29 Å². The summed E-state index contributed by atoms with van der Waals surface area (Å²) >= 11 is 0. The van der Waals surface area contributed by atoms with Gasteiger partial charge < -0.3 is 18.9 Å². The normalized spacial score (nSPS) is 20.6. The largest absolute Gasteiger partial charge is 0.477 e. The van der Waals surface area contributed by atoms with Crippen LogP contribution in [0.4, 0.5) is 4.39 Å². The Balaban J connectivity index is 1.26. The summed E-state index contributed by atoms with van der Waals surface area (Å²) in [7, 11) is -4.44. The maximum atomic E-state index is 16.9. The Morgan fingerprint density at radius 3 is 1.31 bits per heavy atom. The smallest absolute Gasteiger partial charge is 0.374 e. The van der Waals surface area contributed by atoms with E-state index in [-0.39, 0.29) is 39.6 Å². The lowest BCUT2D eigenvalue weighted by Crippen LogP contribution is -2.59. The molecular weight excluding hydrogens is 670 g/mol. The summed E-state index contributed by atoms with van der Waals surface area (Å²) < 4.78 is 73.9. The molecule has 0 amide bonds. The van der Waals surface area contributed by atoms with Crippen LogP contribution in [0.25, 0.3) is 0 Å². The maximum absolute atomic E-state index is 16.9. The van der Waals surface area contributed by atoms with Gasteiger partial charge in [-0.2, -0.15) is 0 Å². The Bertz CT molecular complexity index is 1700. The molecule has 0 N–H and O–H groups in total. The van der Waals surface area contributed by atoms with E-state index in [9.17, 15) is 4.57 Å². The van der Waals surface area contributed by atoms with E-state index in [0.29, 0.717) is 0 Å². The number of hydrogen-bond acceptors (Lipinski definition) is 8. The van der Waals surface area contributed by atoms with Gasteiger partial charge in [-0.3, -0.25) is 13.6 Å². The average molecular weight is 713 g/mol. The van der Waals surface area contributed by atoms with Crippen LogP contribution in [0.1, 0.15) is 27.8 Å². The van der Waals surface area contributed by atoms with E-state index < -0.39 is 38.6 Å². The number of alkyl halides is 1. The molecule has 5 atom stereocenters. The molecule has 0 radical (unpaired) electrons. The van der Waals surface area contributed by atoms with Gasteiger partial charge in [0, 0.05) is 0 Å². The SMILES string of the molecule is O=P(OCc1ccccc1)(OCc1ccccc1)O[C@@H]1OC(COCc2ccccc2)[C@@H](OCc2ccccc2)C(OCc2ccccc2)C1F. The monoisotopic (exact) mass is 712 g/mol. The zero-order chi connectivity index (χ0) is 35.1. The number of hydrogen-bond donors (Lipinski definition) is 0. The molecule has 1 aliphatic rings. The molecule has 6 rings (SSSR count). The molecule has 3 unspecified atom stereocenters. The van der Waals surface area contributed by atoms with Gasteiger partial charge in [-0.1, -0.05) is 152 Å². The lowest BCUT2D eigenvalue weighted by Gasteiger charge is -2.43. The second kappa shape index (κ2) is 19.0. The highest BCUT2D eigenvalue weighted by atomic mass is 31.2. The van der Waals surface area contributed by atoms with Crippen molar-refractivity contribution in [1.29, 1.82) is 0 Å². The number of phosphoric ester groups is 1. The van der Waals surface area contributed by atoms with Gasteiger partial charge in [-0.25, -0.2) is 8.96 Å². The second-order valence-corrected chi connectivity index (χ2v) is 13.7. The second-order valence-electron chi connectivity index (χ2n) is 12.1. The molecule has 1 heterocycles. The molecule has 0 aliphatic carbocycles. The van der Waals surface area contributed by atoms with Crippen molar-refractivity contribution in [3.8, 4) is 0 Å². The highest BCUT2D eigenvalue weighted by Gasteiger charge is 2.51. The van der Waals surface area contributed by atoms with Crippen LogP contribution < -0.4 is 0 Å². The summed E-state index contributed by atoms with van der Waals surface area (Å²) in [5.41, 5.74) is 4.16. The molecule has 51 heavy (non-hydrogen) atoms. The Hall–Kier alpha value is -4.02. The predicted molar refractivity (Wildman–Crippen MR) is 191 cm³/mol. The molecule has 10 heteroatoms. The lowest BCUT2D eigenvalue weighted by atomic mass is 9.99. The first-order valence-corrected chi connectivity index (χ1v) is 18.4. The predicted octanol–water partition coefficient (Wildman–Crippen LogP) is 9.00. The molecule has 0 spiro atoms. The third kappa shape index (κ3) is 11.2. The lowest BCUT2D eigenvalue weighted by molar-refractivity contribution is -0.289. The molecule has 0 saturated carbocycles. The molecule has 0 bridgehead atoms. The van der Waals surface area contributed by atoms with Crippen LogP contribution in [-0.2, 0) is 70.1 Å². The molecule has 5 aromatic carbocycles. The van der Waals surface area contributed by atoms with E-state index >= 15 is 4.39 Å². The molecule has 5 aromatic rings. The molecule has 0 aromatic heterocycles. The van der Waals surface area contributed by atoms with E-state index in [1.165, 1.54) is 0 Å². The number of halogens is 1. The van der Waals surface area contributed by atoms with Gasteiger partial charge in [0.1, 0.15) is 18.3 Å². The summed E-state index contributed by atoms with van der Waals surface area (Å²) in [5, 5.41) is 0. The first-order valence-electron chi connectivity index (χ1n) is 16.9. The molecule has 8 nitrogen and oxygen atoms in total. The van der Waals surface area contributed by atoms with Crippen molar-refractivity contribution in [2.24, 2.45) is 0 Å². The minimum Gasteiger partial charge on any atom is -0.374 e. The van der Waals surface area contributed by atoms with Gasteiger partial charge in [-0.15, -0.1) is 0 Å². The number of benzene rings is 5. The third-order valence-corrected chi connectivity index (χ3v) is 9.59. The zero-order valence-corrected chi connectivity index (χ0v) is 29.0. The number of ether oxygens (including phenoxy) is 4. The van der Waals surface area contributed by atoms with E-state index in [1.54, 1.807) is 0 Å². The van der Waals surface area contributed by atoms with Crippen LogP contribution in [-0.4, -0.2) is 37.4 Å². The van der Waals surface area contributed by atoms with Crippen LogP contribution in [0.5, 0.6) is 0 Å². The van der Waals surface area contributed by atoms with Crippen LogP contribution in [0, 0.1) is 0 Å². The minimum atomic E-state index is -4.44. The fraction of sp³-hybridized carbons (Fsp3) is 0.268. The fourth-order valence-corrected chi connectivity index (χ4v) is 6.79. The molecule has 1 saturated heterocycles. The van der Waals surface area contributed by atoms with Crippen molar-refractivity contribution in [2.45, 2.75) is 63.8 Å². The van der Waals surface area contributed by atoms with Crippen molar-refractivity contribution < 1.29 is 41.5 Å². The summed E-state index contributed by atoms with van der Waals surface area (Å²) in [6, 6.07) is 47.0. The number of phosphoric acid groups is 1. The molecule has 266 valence electrons. The van der Waals surface area contributed by atoms with E-state index in [1.807, 2.05) is 152 Å². The summed E-state index contributed by atoms with van der Waals surface area (Å²) in [6.45, 7) is 0.353. The Kier molecular flexibility index (Phi) is 13.7. The first-order chi connectivity index (χ1) is 25.0. The summed E-state index contributed by atoms with van der Waals surface area (Å²) in [4.78, 5) is 0. The third-order valence-electron chi connectivity index (χ3n) is 8.23. The van der Waals surface area contributed by atoms with Gasteiger partial charge >= 0.3 is 7.82 Å². The average Bonchev–Trinajstić information content (AvgIpc) is 3.18. The van der Waals surface area contributed by atoms with Crippen molar-refractivity contribution in [2.75, 3.05) is 6.61 Å².